The Hall–Kier alpha value is -2.69. The molecular formula is C11H19N5O6. The van der Waals surface area contributed by atoms with Gasteiger partial charge in [-0.25, -0.2) is 0 Å². The van der Waals surface area contributed by atoms with E-state index in [1.54, 1.807) is 0 Å². The molecule has 22 heavy (non-hydrogen) atoms. The number of aliphatic carboxylic acids is 1. The van der Waals surface area contributed by atoms with Crippen LogP contribution in [0, 0.1) is 0 Å². The van der Waals surface area contributed by atoms with E-state index >= 15 is 0 Å². The molecule has 0 aliphatic carbocycles. The average Bonchev–Trinajstić information content (AvgIpc) is 2.47. The number of amides is 4. The van der Waals surface area contributed by atoms with Gasteiger partial charge in [-0.3, -0.25) is 24.0 Å². The predicted molar refractivity (Wildman–Crippen MR) is 73.3 cm³/mol. The lowest BCUT2D eigenvalue weighted by Gasteiger charge is -2.13. The minimum Gasteiger partial charge on any atom is -0.480 e. The Kier molecular flexibility index (Phi) is 8.86. The van der Waals surface area contributed by atoms with Crippen molar-refractivity contribution in [1.82, 2.24) is 21.3 Å². The molecule has 4 amide bonds. The van der Waals surface area contributed by atoms with Crippen LogP contribution in [0.1, 0.15) is 6.92 Å². The summed E-state index contributed by atoms with van der Waals surface area (Å²) in [6.07, 6.45) is 0. The molecule has 11 heteroatoms. The molecule has 0 heterocycles. The lowest BCUT2D eigenvalue weighted by atomic mass is 10.3. The van der Waals surface area contributed by atoms with Gasteiger partial charge in [-0.2, -0.15) is 0 Å². The molecule has 0 radical (unpaired) electrons. The van der Waals surface area contributed by atoms with E-state index in [0.717, 1.165) is 0 Å². The molecule has 0 bridgehead atoms. The fraction of sp³-hybridized carbons (Fsp3) is 0.545. The van der Waals surface area contributed by atoms with Gasteiger partial charge in [-0.1, -0.05) is 0 Å². The smallest absolute Gasteiger partial charge is 0.322 e. The number of carbonyl (C=O) groups is 5. The predicted octanol–water partition coefficient (Wildman–Crippen LogP) is -4.12. The zero-order valence-corrected chi connectivity index (χ0v) is 12.0. The van der Waals surface area contributed by atoms with Gasteiger partial charge < -0.3 is 32.1 Å². The van der Waals surface area contributed by atoms with E-state index < -0.39 is 55.3 Å². The molecule has 7 N–H and O–H groups in total. The number of nitrogens with two attached hydrogens (primary N) is 1. The molecule has 1 atom stereocenters. The normalized spacial score (nSPS) is 11.0. The van der Waals surface area contributed by atoms with E-state index in [9.17, 15) is 24.0 Å². The fourth-order valence-corrected chi connectivity index (χ4v) is 1.16. The molecule has 0 saturated heterocycles. The first kappa shape index (κ1) is 19.3. The van der Waals surface area contributed by atoms with Crippen LogP contribution in [0.5, 0.6) is 0 Å². The summed E-state index contributed by atoms with van der Waals surface area (Å²) in [6, 6.07) is -0.859. The van der Waals surface area contributed by atoms with Gasteiger partial charge >= 0.3 is 5.97 Å². The molecule has 0 aromatic carbocycles. The largest absolute Gasteiger partial charge is 0.480 e. The third-order valence-corrected chi connectivity index (χ3v) is 2.26. The third kappa shape index (κ3) is 9.25. The maximum atomic E-state index is 11.5. The molecule has 11 nitrogen and oxygen atoms in total. The van der Waals surface area contributed by atoms with Crippen LogP contribution in [0.15, 0.2) is 0 Å². The fourth-order valence-electron chi connectivity index (χ4n) is 1.16. The first-order valence-corrected chi connectivity index (χ1v) is 6.28. The first-order valence-electron chi connectivity index (χ1n) is 6.28. The van der Waals surface area contributed by atoms with Crippen molar-refractivity contribution in [1.29, 1.82) is 0 Å². The summed E-state index contributed by atoms with van der Waals surface area (Å²) in [6.45, 7) is -0.206. The highest BCUT2D eigenvalue weighted by Gasteiger charge is 2.15. The van der Waals surface area contributed by atoms with Crippen molar-refractivity contribution in [2.24, 2.45) is 5.73 Å². The quantitative estimate of drug-likeness (QED) is 0.250. The van der Waals surface area contributed by atoms with E-state index in [-0.39, 0.29) is 6.54 Å². The van der Waals surface area contributed by atoms with Gasteiger partial charge in [0.25, 0.3) is 0 Å². The summed E-state index contributed by atoms with van der Waals surface area (Å²) in [5.74, 6) is -3.63. The van der Waals surface area contributed by atoms with Gasteiger partial charge in [0.1, 0.15) is 12.6 Å². The number of rotatable bonds is 9. The number of hydrogen-bond donors (Lipinski definition) is 6. The van der Waals surface area contributed by atoms with Crippen LogP contribution in [-0.2, 0) is 24.0 Å². The highest BCUT2D eigenvalue weighted by Crippen LogP contribution is 1.81. The maximum absolute atomic E-state index is 11.5. The highest BCUT2D eigenvalue weighted by atomic mass is 16.4. The summed E-state index contributed by atoms with van der Waals surface area (Å²) in [4.78, 5) is 55.2. The average molecular weight is 317 g/mol. The van der Waals surface area contributed by atoms with Crippen LogP contribution in [0.3, 0.4) is 0 Å². The minimum atomic E-state index is -1.21. The maximum Gasteiger partial charge on any atom is 0.322 e. The molecule has 0 saturated carbocycles. The summed E-state index contributed by atoms with van der Waals surface area (Å²) in [5.41, 5.74) is 5.07. The van der Waals surface area contributed by atoms with Crippen molar-refractivity contribution in [2.45, 2.75) is 13.0 Å². The Labute approximate surface area is 126 Å². The Balaban J connectivity index is 3.93. The van der Waals surface area contributed by atoms with Crippen LogP contribution in [0.4, 0.5) is 0 Å². The molecule has 124 valence electrons. The Morgan fingerprint density at radius 3 is 1.91 bits per heavy atom. The van der Waals surface area contributed by atoms with Gasteiger partial charge in [0.15, 0.2) is 0 Å². The number of carboxylic acids is 1. The number of carboxylic acid groups (broad SMARTS) is 1. The molecule has 0 rings (SSSR count). The van der Waals surface area contributed by atoms with E-state index in [2.05, 4.69) is 16.0 Å². The minimum absolute atomic E-state index is 0.260. The molecule has 0 aliphatic heterocycles. The number of hydrogen-bond acceptors (Lipinski definition) is 6. The molecular weight excluding hydrogens is 298 g/mol. The van der Waals surface area contributed by atoms with E-state index in [4.69, 9.17) is 10.8 Å². The second-order valence-corrected chi connectivity index (χ2v) is 4.16. The van der Waals surface area contributed by atoms with E-state index in [1.165, 1.54) is 6.92 Å². The van der Waals surface area contributed by atoms with Crippen LogP contribution in [-0.4, -0.2) is 66.9 Å². The monoisotopic (exact) mass is 317 g/mol. The Morgan fingerprint density at radius 2 is 1.41 bits per heavy atom. The molecule has 0 spiro atoms. The van der Waals surface area contributed by atoms with Gasteiger partial charge in [-0.15, -0.1) is 0 Å². The Bertz CT molecular complexity index is 452. The summed E-state index contributed by atoms with van der Waals surface area (Å²) < 4.78 is 0. The lowest BCUT2D eigenvalue weighted by Crippen LogP contribution is -2.49. The molecule has 0 aliphatic rings. The van der Waals surface area contributed by atoms with Gasteiger partial charge in [0, 0.05) is 0 Å². The topological polar surface area (TPSA) is 180 Å². The highest BCUT2D eigenvalue weighted by molar-refractivity contribution is 5.91. The van der Waals surface area contributed by atoms with Crippen molar-refractivity contribution in [3.8, 4) is 0 Å². The van der Waals surface area contributed by atoms with Gasteiger partial charge in [0.2, 0.25) is 23.6 Å². The first-order chi connectivity index (χ1) is 10.3. The molecule has 0 aromatic rings. The summed E-state index contributed by atoms with van der Waals surface area (Å²) >= 11 is 0. The van der Waals surface area contributed by atoms with Gasteiger partial charge in [0.05, 0.1) is 19.6 Å². The number of nitrogens with one attached hydrogen (secondary N) is 4. The SMILES string of the molecule is C[C@H](NC(=O)CN)C(=O)NCC(=O)NCC(=O)NCC(=O)O. The second-order valence-electron chi connectivity index (χ2n) is 4.16. The zero-order chi connectivity index (χ0) is 17.1. The second kappa shape index (κ2) is 10.1. The molecule has 0 fully saturated rings. The van der Waals surface area contributed by atoms with Crippen LogP contribution >= 0.6 is 0 Å². The van der Waals surface area contributed by atoms with Crippen LogP contribution in [0.25, 0.3) is 0 Å². The van der Waals surface area contributed by atoms with Crippen molar-refractivity contribution in [3.05, 3.63) is 0 Å². The van der Waals surface area contributed by atoms with Gasteiger partial charge in [-0.05, 0) is 6.92 Å². The number of carbonyl (C=O) groups excluding carboxylic acids is 4. The van der Waals surface area contributed by atoms with Crippen LogP contribution in [0.2, 0.25) is 0 Å². The van der Waals surface area contributed by atoms with E-state index in [1.807, 2.05) is 5.32 Å². The zero-order valence-electron chi connectivity index (χ0n) is 12.0. The van der Waals surface area contributed by atoms with E-state index in [0.29, 0.717) is 0 Å². The molecule has 0 unspecified atom stereocenters. The molecule has 0 aromatic heterocycles. The van der Waals surface area contributed by atoms with Crippen molar-refractivity contribution < 1.29 is 29.1 Å². The lowest BCUT2D eigenvalue weighted by molar-refractivity contribution is -0.137. The van der Waals surface area contributed by atoms with Crippen LogP contribution < -0.4 is 27.0 Å². The standard InChI is InChI=1S/C11H19N5O6/c1-6(16-7(17)2-12)11(22)15-4-9(19)13-3-8(18)14-5-10(20)21/h6H,2-5,12H2,1H3,(H,13,19)(H,14,18)(H,15,22)(H,16,17)(H,20,21)/t6-/m0/s1. The summed E-state index contributed by atoms with van der Waals surface area (Å²) in [7, 11) is 0. The van der Waals surface area contributed by atoms with Crippen molar-refractivity contribution in [3.63, 3.8) is 0 Å². The van der Waals surface area contributed by atoms with Crippen molar-refractivity contribution in [2.75, 3.05) is 26.2 Å². The third-order valence-electron chi connectivity index (χ3n) is 2.26. The van der Waals surface area contributed by atoms with Crippen molar-refractivity contribution >= 4 is 29.6 Å². The Morgan fingerprint density at radius 1 is 0.909 bits per heavy atom. The summed E-state index contributed by atoms with van der Waals surface area (Å²) in [5, 5.41) is 17.1.